The van der Waals surface area contributed by atoms with Crippen molar-refractivity contribution in [3.05, 3.63) is 63.6 Å². The first kappa shape index (κ1) is 21.7. The molecule has 0 unspecified atom stereocenters. The number of esters is 1. The van der Waals surface area contributed by atoms with Crippen molar-refractivity contribution >= 4 is 45.3 Å². The van der Waals surface area contributed by atoms with Gasteiger partial charge in [0.15, 0.2) is 6.61 Å². The monoisotopic (exact) mass is 474 g/mol. The lowest BCUT2D eigenvalue weighted by Crippen LogP contribution is -2.31. The van der Waals surface area contributed by atoms with Gasteiger partial charge in [-0.25, -0.2) is 4.79 Å². The van der Waals surface area contributed by atoms with Gasteiger partial charge < -0.3 is 14.8 Å². The zero-order valence-electron chi connectivity index (χ0n) is 16.1. The standard InChI is InChI=1S/C21H19BrN2O6/c1-29-10-4-9-24-19(26)14-8-7-13(11-15(14)20(24)27)21(28)30-12-18(25)23-17-6-3-2-5-16(17)22/h2-3,5-8,11H,4,9-10,12H2,1H3,(H,23,25). The molecule has 9 heteroatoms. The normalized spacial score (nSPS) is 12.7. The van der Waals surface area contributed by atoms with Gasteiger partial charge in [-0.1, -0.05) is 12.1 Å². The number of carbonyl (C=O) groups excluding carboxylic acids is 4. The highest BCUT2D eigenvalue weighted by Crippen LogP contribution is 2.25. The van der Waals surface area contributed by atoms with E-state index in [9.17, 15) is 19.2 Å². The molecule has 1 N–H and O–H groups in total. The smallest absolute Gasteiger partial charge is 0.338 e. The number of para-hydroxylation sites is 1. The maximum absolute atomic E-state index is 12.5. The minimum atomic E-state index is -0.766. The van der Waals surface area contributed by atoms with E-state index in [1.165, 1.54) is 18.2 Å². The SMILES string of the molecule is COCCCN1C(=O)c2ccc(C(=O)OCC(=O)Nc3ccccc3Br)cc2C1=O. The van der Waals surface area contributed by atoms with Crippen molar-refractivity contribution in [1.29, 1.82) is 0 Å². The molecule has 3 rings (SSSR count). The summed E-state index contributed by atoms with van der Waals surface area (Å²) >= 11 is 3.31. The second kappa shape index (κ2) is 9.64. The van der Waals surface area contributed by atoms with Gasteiger partial charge in [0.05, 0.1) is 22.4 Å². The summed E-state index contributed by atoms with van der Waals surface area (Å²) in [6, 6.07) is 11.2. The molecule has 0 radical (unpaired) electrons. The Bertz CT molecular complexity index is 1010. The van der Waals surface area contributed by atoms with E-state index in [0.29, 0.717) is 23.2 Å². The number of halogens is 1. The fraction of sp³-hybridized carbons (Fsp3) is 0.238. The molecule has 30 heavy (non-hydrogen) atoms. The maximum atomic E-state index is 12.5. The molecular weight excluding hydrogens is 456 g/mol. The molecule has 0 aliphatic carbocycles. The first-order valence-corrected chi connectivity index (χ1v) is 9.92. The number of carbonyl (C=O) groups is 4. The zero-order valence-corrected chi connectivity index (χ0v) is 17.7. The van der Waals surface area contributed by atoms with Crippen molar-refractivity contribution in [2.45, 2.75) is 6.42 Å². The lowest BCUT2D eigenvalue weighted by molar-refractivity contribution is -0.119. The number of rotatable bonds is 8. The molecule has 0 atom stereocenters. The van der Waals surface area contributed by atoms with Crippen LogP contribution >= 0.6 is 15.9 Å². The molecule has 2 aromatic rings. The van der Waals surface area contributed by atoms with E-state index >= 15 is 0 Å². The Labute approximate surface area is 181 Å². The highest BCUT2D eigenvalue weighted by Gasteiger charge is 2.35. The minimum Gasteiger partial charge on any atom is -0.452 e. The fourth-order valence-electron chi connectivity index (χ4n) is 2.95. The van der Waals surface area contributed by atoms with E-state index in [4.69, 9.17) is 9.47 Å². The summed E-state index contributed by atoms with van der Waals surface area (Å²) < 4.78 is 10.7. The quantitative estimate of drug-likeness (QED) is 0.358. The molecule has 3 amide bonds. The molecule has 0 spiro atoms. The van der Waals surface area contributed by atoms with Crippen LogP contribution in [0.25, 0.3) is 0 Å². The van der Waals surface area contributed by atoms with E-state index in [2.05, 4.69) is 21.2 Å². The Morgan fingerprint density at radius 2 is 1.80 bits per heavy atom. The number of hydrogen-bond acceptors (Lipinski definition) is 6. The number of ether oxygens (including phenoxy) is 2. The third-order valence-corrected chi connectivity index (χ3v) is 5.11. The minimum absolute atomic E-state index is 0.0855. The molecule has 0 saturated carbocycles. The molecule has 1 heterocycles. The number of imide groups is 1. The van der Waals surface area contributed by atoms with Crippen LogP contribution in [0.15, 0.2) is 46.9 Å². The van der Waals surface area contributed by atoms with Crippen molar-refractivity contribution in [3.8, 4) is 0 Å². The van der Waals surface area contributed by atoms with Gasteiger partial charge in [-0.3, -0.25) is 19.3 Å². The van der Waals surface area contributed by atoms with Gasteiger partial charge in [-0.05, 0) is 52.7 Å². The summed E-state index contributed by atoms with van der Waals surface area (Å²) in [5.41, 5.74) is 1.02. The summed E-state index contributed by atoms with van der Waals surface area (Å²) in [4.78, 5) is 50.4. The zero-order chi connectivity index (χ0) is 21.7. The maximum Gasteiger partial charge on any atom is 0.338 e. The molecule has 0 bridgehead atoms. The first-order valence-electron chi connectivity index (χ1n) is 9.13. The number of nitrogens with zero attached hydrogens (tertiary/aromatic N) is 1. The van der Waals surface area contributed by atoms with Crippen LogP contribution < -0.4 is 5.32 Å². The summed E-state index contributed by atoms with van der Waals surface area (Å²) in [6.07, 6.45) is 0.517. The molecule has 8 nitrogen and oxygen atoms in total. The second-order valence-electron chi connectivity index (χ2n) is 6.47. The van der Waals surface area contributed by atoms with E-state index in [1.54, 1.807) is 31.4 Å². The average molecular weight is 475 g/mol. The van der Waals surface area contributed by atoms with Crippen LogP contribution in [0.4, 0.5) is 5.69 Å². The molecule has 1 aliphatic heterocycles. The number of nitrogens with one attached hydrogen (secondary N) is 1. The number of anilines is 1. The Balaban J connectivity index is 1.62. The van der Waals surface area contributed by atoms with Crippen molar-refractivity contribution in [3.63, 3.8) is 0 Å². The van der Waals surface area contributed by atoms with Crippen molar-refractivity contribution in [2.75, 3.05) is 32.2 Å². The molecule has 1 aliphatic rings. The molecule has 2 aromatic carbocycles. The van der Waals surface area contributed by atoms with E-state index in [0.717, 1.165) is 4.90 Å². The molecule has 0 fully saturated rings. The largest absolute Gasteiger partial charge is 0.452 e. The van der Waals surface area contributed by atoms with Gasteiger partial charge in [0.2, 0.25) is 0 Å². The number of benzene rings is 2. The Morgan fingerprint density at radius 1 is 1.07 bits per heavy atom. The van der Waals surface area contributed by atoms with E-state index in [-0.39, 0.29) is 23.2 Å². The molecule has 156 valence electrons. The van der Waals surface area contributed by atoms with Crippen LogP contribution in [-0.4, -0.2) is 55.5 Å². The van der Waals surface area contributed by atoms with Crippen molar-refractivity contribution in [1.82, 2.24) is 4.90 Å². The number of fused-ring (bicyclic) bond motifs is 1. The fourth-order valence-corrected chi connectivity index (χ4v) is 3.33. The van der Waals surface area contributed by atoms with E-state index < -0.39 is 30.3 Å². The molecule has 0 aromatic heterocycles. The average Bonchev–Trinajstić information content (AvgIpc) is 2.98. The van der Waals surface area contributed by atoms with Gasteiger partial charge in [0, 0.05) is 24.7 Å². The highest BCUT2D eigenvalue weighted by atomic mass is 79.9. The van der Waals surface area contributed by atoms with Crippen LogP contribution in [0.5, 0.6) is 0 Å². The predicted octanol–water partition coefficient (Wildman–Crippen LogP) is 2.88. The van der Waals surface area contributed by atoms with Crippen LogP contribution in [0, 0.1) is 0 Å². The Morgan fingerprint density at radius 3 is 2.53 bits per heavy atom. The lowest BCUT2D eigenvalue weighted by Gasteiger charge is -2.12. The van der Waals surface area contributed by atoms with E-state index in [1.807, 2.05) is 0 Å². The first-order chi connectivity index (χ1) is 14.4. The van der Waals surface area contributed by atoms with Gasteiger partial charge in [0.25, 0.3) is 17.7 Å². The summed E-state index contributed by atoms with van der Waals surface area (Å²) in [6.45, 7) is 0.162. The van der Waals surface area contributed by atoms with Gasteiger partial charge >= 0.3 is 5.97 Å². The third kappa shape index (κ3) is 4.74. The lowest BCUT2D eigenvalue weighted by atomic mass is 10.1. The van der Waals surface area contributed by atoms with Crippen LogP contribution in [0.1, 0.15) is 37.5 Å². The molecule has 0 saturated heterocycles. The summed E-state index contributed by atoms with van der Waals surface area (Å²) in [7, 11) is 1.54. The number of methoxy groups -OCH3 is 1. The van der Waals surface area contributed by atoms with Crippen LogP contribution in [0.3, 0.4) is 0 Å². The predicted molar refractivity (Wildman–Crippen MR) is 111 cm³/mol. The third-order valence-electron chi connectivity index (χ3n) is 4.42. The second-order valence-corrected chi connectivity index (χ2v) is 7.33. The van der Waals surface area contributed by atoms with Gasteiger partial charge in [0.1, 0.15) is 0 Å². The highest BCUT2D eigenvalue weighted by molar-refractivity contribution is 9.10. The topological polar surface area (TPSA) is 102 Å². The van der Waals surface area contributed by atoms with Gasteiger partial charge in [-0.15, -0.1) is 0 Å². The Hall–Kier alpha value is -3.04. The van der Waals surface area contributed by atoms with Crippen molar-refractivity contribution < 1.29 is 28.7 Å². The molecular formula is C21H19BrN2O6. The van der Waals surface area contributed by atoms with Gasteiger partial charge in [-0.2, -0.15) is 0 Å². The van der Waals surface area contributed by atoms with Crippen molar-refractivity contribution in [2.24, 2.45) is 0 Å². The van der Waals surface area contributed by atoms with Crippen LogP contribution in [0.2, 0.25) is 0 Å². The number of hydrogen-bond donors (Lipinski definition) is 1. The van der Waals surface area contributed by atoms with Crippen LogP contribution in [-0.2, 0) is 14.3 Å². The number of amides is 3. The summed E-state index contributed by atoms with van der Waals surface area (Å²) in [5.74, 6) is -2.14. The summed E-state index contributed by atoms with van der Waals surface area (Å²) in [5, 5.41) is 2.62. The Kier molecular flexibility index (Phi) is 6.96.